The number of ether oxygens (including phenoxy) is 1. The Morgan fingerprint density at radius 2 is 2.38 bits per heavy atom. The van der Waals surface area contributed by atoms with Gasteiger partial charge in [0.1, 0.15) is 0 Å². The Morgan fingerprint density at radius 3 is 3.15 bits per heavy atom. The molecule has 13 heavy (non-hydrogen) atoms. The van der Waals surface area contributed by atoms with Crippen molar-refractivity contribution in [2.24, 2.45) is 11.1 Å². The van der Waals surface area contributed by atoms with Gasteiger partial charge in [-0.15, -0.1) is 0 Å². The van der Waals surface area contributed by atoms with Crippen LogP contribution in [0.4, 0.5) is 0 Å². The van der Waals surface area contributed by atoms with E-state index in [9.17, 15) is 5.11 Å². The van der Waals surface area contributed by atoms with E-state index in [1.54, 1.807) is 0 Å². The number of aliphatic hydroxyl groups excluding tert-OH is 1. The lowest BCUT2D eigenvalue weighted by Crippen LogP contribution is -2.39. The average molecular weight is 185 g/mol. The molecule has 0 aromatic carbocycles. The summed E-state index contributed by atoms with van der Waals surface area (Å²) in [6, 6.07) is 0. The number of aliphatic hydroxyl groups is 1. The average Bonchev–Trinajstić information content (AvgIpc) is 2.61. The lowest BCUT2D eigenvalue weighted by molar-refractivity contribution is -0.0203. The fourth-order valence-corrected chi connectivity index (χ4v) is 2.98. The van der Waals surface area contributed by atoms with Crippen molar-refractivity contribution >= 4 is 0 Å². The lowest BCUT2D eigenvalue weighted by atomic mass is 9.76. The van der Waals surface area contributed by atoms with E-state index in [2.05, 4.69) is 0 Å². The van der Waals surface area contributed by atoms with Crippen molar-refractivity contribution in [3.05, 3.63) is 0 Å². The molecule has 2 aliphatic rings. The summed E-state index contributed by atoms with van der Waals surface area (Å²) in [5, 5.41) is 10.0. The van der Waals surface area contributed by atoms with Crippen LogP contribution in [0.3, 0.4) is 0 Å². The van der Waals surface area contributed by atoms with Crippen LogP contribution in [0.25, 0.3) is 0 Å². The first-order chi connectivity index (χ1) is 6.29. The molecule has 1 saturated carbocycles. The summed E-state index contributed by atoms with van der Waals surface area (Å²) in [4.78, 5) is 0. The first-order valence-electron chi connectivity index (χ1n) is 5.29. The number of hydrogen-bond donors (Lipinski definition) is 2. The van der Waals surface area contributed by atoms with Crippen LogP contribution in [0.15, 0.2) is 0 Å². The number of fused-ring (bicyclic) bond motifs is 1. The molecule has 1 heterocycles. The zero-order chi connectivity index (χ0) is 9.31. The molecule has 0 bridgehead atoms. The third-order valence-electron chi connectivity index (χ3n) is 3.74. The van der Waals surface area contributed by atoms with Gasteiger partial charge in [-0.25, -0.2) is 0 Å². The van der Waals surface area contributed by atoms with Gasteiger partial charge in [0, 0.05) is 12.0 Å². The SMILES string of the molecule is NCCC(O)C12CCCC1OCC2. The van der Waals surface area contributed by atoms with Crippen LogP contribution < -0.4 is 5.73 Å². The molecule has 3 N–H and O–H groups in total. The molecule has 3 heteroatoms. The summed E-state index contributed by atoms with van der Waals surface area (Å²) in [5.41, 5.74) is 5.54. The van der Waals surface area contributed by atoms with Gasteiger partial charge in [0.05, 0.1) is 12.2 Å². The summed E-state index contributed by atoms with van der Waals surface area (Å²) in [6.07, 6.45) is 5.27. The van der Waals surface area contributed by atoms with Crippen molar-refractivity contribution in [3.8, 4) is 0 Å². The Labute approximate surface area is 79.3 Å². The minimum atomic E-state index is -0.243. The van der Waals surface area contributed by atoms with Crippen molar-refractivity contribution in [3.63, 3.8) is 0 Å². The molecule has 0 aromatic rings. The van der Waals surface area contributed by atoms with E-state index < -0.39 is 0 Å². The lowest BCUT2D eigenvalue weighted by Gasteiger charge is -2.33. The maximum atomic E-state index is 10.0. The molecule has 3 atom stereocenters. The zero-order valence-electron chi connectivity index (χ0n) is 8.04. The number of rotatable bonds is 3. The Bertz CT molecular complexity index is 174. The number of hydrogen-bond acceptors (Lipinski definition) is 3. The molecule has 1 aliphatic carbocycles. The predicted molar refractivity (Wildman–Crippen MR) is 50.3 cm³/mol. The highest BCUT2D eigenvalue weighted by atomic mass is 16.5. The summed E-state index contributed by atoms with van der Waals surface area (Å²) < 4.78 is 5.65. The van der Waals surface area contributed by atoms with E-state index in [0.29, 0.717) is 12.6 Å². The second kappa shape index (κ2) is 3.56. The van der Waals surface area contributed by atoms with Crippen molar-refractivity contribution in [2.75, 3.05) is 13.2 Å². The van der Waals surface area contributed by atoms with Crippen molar-refractivity contribution in [1.82, 2.24) is 0 Å². The van der Waals surface area contributed by atoms with Crippen LogP contribution in [0.2, 0.25) is 0 Å². The molecule has 2 fully saturated rings. The second-order valence-corrected chi connectivity index (χ2v) is 4.33. The Morgan fingerprint density at radius 1 is 1.54 bits per heavy atom. The van der Waals surface area contributed by atoms with Gasteiger partial charge in [0.15, 0.2) is 0 Å². The van der Waals surface area contributed by atoms with Gasteiger partial charge in [0.2, 0.25) is 0 Å². The summed E-state index contributed by atoms with van der Waals surface area (Å²) in [7, 11) is 0. The Kier molecular flexibility index (Phi) is 2.58. The molecule has 0 aromatic heterocycles. The predicted octanol–water partition coefficient (Wildman–Crippen LogP) is 0.655. The van der Waals surface area contributed by atoms with Crippen LogP contribution in [-0.4, -0.2) is 30.5 Å². The molecule has 3 nitrogen and oxygen atoms in total. The summed E-state index contributed by atoms with van der Waals surface area (Å²) in [6.45, 7) is 1.40. The summed E-state index contributed by atoms with van der Waals surface area (Å²) >= 11 is 0. The van der Waals surface area contributed by atoms with Gasteiger partial charge in [-0.3, -0.25) is 0 Å². The fourth-order valence-electron chi connectivity index (χ4n) is 2.98. The van der Waals surface area contributed by atoms with E-state index in [1.165, 1.54) is 6.42 Å². The smallest absolute Gasteiger partial charge is 0.0656 e. The molecule has 2 rings (SSSR count). The number of nitrogens with two attached hydrogens (primary N) is 1. The quantitative estimate of drug-likeness (QED) is 0.679. The first kappa shape index (κ1) is 9.44. The Balaban J connectivity index is 2.08. The van der Waals surface area contributed by atoms with Gasteiger partial charge >= 0.3 is 0 Å². The van der Waals surface area contributed by atoms with Crippen molar-refractivity contribution in [2.45, 2.75) is 44.3 Å². The molecule has 0 spiro atoms. The molecule has 1 aliphatic heterocycles. The van der Waals surface area contributed by atoms with Crippen molar-refractivity contribution < 1.29 is 9.84 Å². The van der Waals surface area contributed by atoms with Gasteiger partial charge in [-0.05, 0) is 32.2 Å². The third-order valence-corrected chi connectivity index (χ3v) is 3.74. The van der Waals surface area contributed by atoms with E-state index >= 15 is 0 Å². The second-order valence-electron chi connectivity index (χ2n) is 4.33. The zero-order valence-corrected chi connectivity index (χ0v) is 8.04. The van der Waals surface area contributed by atoms with Gasteiger partial charge in [0.25, 0.3) is 0 Å². The van der Waals surface area contributed by atoms with Crippen LogP contribution in [0, 0.1) is 5.41 Å². The highest BCUT2D eigenvalue weighted by Gasteiger charge is 2.51. The van der Waals surface area contributed by atoms with Crippen molar-refractivity contribution in [1.29, 1.82) is 0 Å². The van der Waals surface area contributed by atoms with Crippen LogP contribution in [-0.2, 0) is 4.74 Å². The highest BCUT2D eigenvalue weighted by Crippen LogP contribution is 2.50. The highest BCUT2D eigenvalue weighted by molar-refractivity contribution is 5.01. The minimum absolute atomic E-state index is 0.0688. The summed E-state index contributed by atoms with van der Waals surface area (Å²) in [5.74, 6) is 0. The van der Waals surface area contributed by atoms with Gasteiger partial charge in [-0.1, -0.05) is 6.42 Å². The molecular formula is C10H19NO2. The molecule has 76 valence electrons. The van der Waals surface area contributed by atoms with Gasteiger partial charge < -0.3 is 15.6 Å². The van der Waals surface area contributed by atoms with Crippen LogP contribution in [0.5, 0.6) is 0 Å². The molecule has 1 saturated heterocycles. The third kappa shape index (κ3) is 1.39. The molecular weight excluding hydrogens is 166 g/mol. The standard InChI is InChI=1S/C10H19NO2/c11-6-3-8(12)10-4-1-2-9(10)13-7-5-10/h8-9,12H,1-7,11H2. The molecule has 0 amide bonds. The van der Waals surface area contributed by atoms with Crippen LogP contribution in [0.1, 0.15) is 32.1 Å². The Hall–Kier alpha value is -0.120. The molecule has 0 radical (unpaired) electrons. The topological polar surface area (TPSA) is 55.5 Å². The van der Waals surface area contributed by atoms with E-state index in [-0.39, 0.29) is 11.5 Å². The van der Waals surface area contributed by atoms with Crippen LogP contribution >= 0.6 is 0 Å². The maximum absolute atomic E-state index is 10.0. The van der Waals surface area contributed by atoms with E-state index in [1.807, 2.05) is 0 Å². The fraction of sp³-hybridized carbons (Fsp3) is 1.00. The monoisotopic (exact) mass is 185 g/mol. The largest absolute Gasteiger partial charge is 0.392 e. The minimum Gasteiger partial charge on any atom is -0.392 e. The normalized spacial score (nSPS) is 40.6. The first-order valence-corrected chi connectivity index (χ1v) is 5.29. The van der Waals surface area contributed by atoms with Gasteiger partial charge in [-0.2, -0.15) is 0 Å². The molecule has 3 unspecified atom stereocenters. The van der Waals surface area contributed by atoms with E-state index in [0.717, 1.165) is 32.3 Å². The van der Waals surface area contributed by atoms with E-state index in [4.69, 9.17) is 10.5 Å². The maximum Gasteiger partial charge on any atom is 0.0656 e.